The summed E-state index contributed by atoms with van der Waals surface area (Å²) in [5.74, 6) is -1.31. The van der Waals surface area contributed by atoms with Gasteiger partial charge in [0.2, 0.25) is 11.8 Å². The molecular formula is C21H17BrFN3O2S. The number of hydrogen-bond donors (Lipinski definition) is 2. The highest BCUT2D eigenvalue weighted by atomic mass is 79.9. The van der Waals surface area contributed by atoms with E-state index in [2.05, 4.69) is 32.6 Å². The number of thioether (sulfide) groups is 1. The van der Waals surface area contributed by atoms with E-state index in [-0.39, 0.29) is 29.8 Å². The number of benzene rings is 2. The zero-order chi connectivity index (χ0) is 21.0. The Morgan fingerprint density at radius 2 is 2.07 bits per heavy atom. The lowest BCUT2D eigenvalue weighted by molar-refractivity contribution is -0.121. The van der Waals surface area contributed by atoms with Gasteiger partial charge in [-0.05, 0) is 48.4 Å². The second kappa shape index (κ2) is 9.25. The lowest BCUT2D eigenvalue weighted by atomic mass is 9.87. The maximum Gasteiger partial charge on any atom is 0.234 e. The fraction of sp³-hybridized carbons (Fsp3) is 0.190. The predicted molar refractivity (Wildman–Crippen MR) is 115 cm³/mol. The van der Waals surface area contributed by atoms with Crippen LogP contribution in [0.5, 0.6) is 0 Å². The van der Waals surface area contributed by atoms with Crippen LogP contribution in [0.15, 0.2) is 57.5 Å². The van der Waals surface area contributed by atoms with Crippen LogP contribution in [0.4, 0.5) is 10.1 Å². The zero-order valence-electron chi connectivity index (χ0n) is 15.5. The zero-order valence-corrected chi connectivity index (χ0v) is 17.9. The average molecular weight is 474 g/mol. The second-order valence-electron chi connectivity index (χ2n) is 6.51. The quantitative estimate of drug-likeness (QED) is 0.664. The van der Waals surface area contributed by atoms with Gasteiger partial charge in [0, 0.05) is 22.5 Å². The minimum absolute atomic E-state index is 0.0342. The van der Waals surface area contributed by atoms with Crippen molar-refractivity contribution in [1.82, 2.24) is 5.32 Å². The lowest BCUT2D eigenvalue weighted by Crippen LogP contribution is -2.31. The van der Waals surface area contributed by atoms with Crippen molar-refractivity contribution in [3.63, 3.8) is 0 Å². The largest absolute Gasteiger partial charge is 0.325 e. The average Bonchev–Trinajstić information content (AvgIpc) is 2.68. The summed E-state index contributed by atoms with van der Waals surface area (Å²) in [7, 11) is 0. The van der Waals surface area contributed by atoms with Crippen LogP contribution >= 0.6 is 27.7 Å². The van der Waals surface area contributed by atoms with Crippen molar-refractivity contribution in [2.24, 2.45) is 0 Å². The molecule has 0 saturated heterocycles. The third-order valence-electron chi connectivity index (χ3n) is 4.44. The maximum atomic E-state index is 13.2. The van der Waals surface area contributed by atoms with Gasteiger partial charge in [0.05, 0.1) is 22.4 Å². The molecule has 0 unspecified atom stereocenters. The van der Waals surface area contributed by atoms with E-state index in [1.54, 1.807) is 18.2 Å². The second-order valence-corrected chi connectivity index (χ2v) is 8.41. The summed E-state index contributed by atoms with van der Waals surface area (Å²) in [5, 5.41) is 15.5. The summed E-state index contributed by atoms with van der Waals surface area (Å²) < 4.78 is 14.1. The number of halogens is 2. The molecule has 5 nitrogen and oxygen atoms in total. The molecule has 2 aromatic carbocycles. The van der Waals surface area contributed by atoms with Crippen LogP contribution in [-0.2, 0) is 9.59 Å². The molecular weight excluding hydrogens is 457 g/mol. The molecule has 1 heterocycles. The van der Waals surface area contributed by atoms with Crippen LogP contribution in [0.2, 0.25) is 0 Å². The fourth-order valence-corrected chi connectivity index (χ4v) is 4.36. The van der Waals surface area contributed by atoms with Crippen LogP contribution in [0.25, 0.3) is 0 Å². The van der Waals surface area contributed by atoms with E-state index < -0.39 is 5.92 Å². The number of aryl methyl sites for hydroxylation is 1. The number of rotatable bonds is 5. The number of hydrogen-bond acceptors (Lipinski definition) is 4. The van der Waals surface area contributed by atoms with Gasteiger partial charge in [-0.1, -0.05) is 39.8 Å². The van der Waals surface area contributed by atoms with Crippen LogP contribution < -0.4 is 10.6 Å². The number of carbonyl (C=O) groups excluding carboxylic acids is 2. The van der Waals surface area contributed by atoms with Crippen LogP contribution in [0.1, 0.15) is 23.5 Å². The molecule has 0 fully saturated rings. The van der Waals surface area contributed by atoms with Gasteiger partial charge in [-0.25, -0.2) is 4.39 Å². The maximum absolute atomic E-state index is 13.2. The molecule has 3 rings (SSSR count). The number of nitrogens with zero attached hydrogens (tertiary/aromatic N) is 1. The third kappa shape index (κ3) is 5.25. The number of carbonyl (C=O) groups is 2. The van der Waals surface area contributed by atoms with E-state index >= 15 is 0 Å². The summed E-state index contributed by atoms with van der Waals surface area (Å²) in [6.07, 6.45) is 0.100. The van der Waals surface area contributed by atoms with Crippen LogP contribution in [0, 0.1) is 24.1 Å². The molecule has 148 valence electrons. The predicted octanol–water partition coefficient (Wildman–Crippen LogP) is 4.61. The van der Waals surface area contributed by atoms with E-state index in [0.717, 1.165) is 21.8 Å². The van der Waals surface area contributed by atoms with Gasteiger partial charge in [-0.15, -0.1) is 0 Å². The van der Waals surface area contributed by atoms with E-state index in [9.17, 15) is 19.2 Å². The van der Waals surface area contributed by atoms with Gasteiger partial charge < -0.3 is 10.6 Å². The van der Waals surface area contributed by atoms with E-state index in [0.29, 0.717) is 21.9 Å². The van der Waals surface area contributed by atoms with E-state index in [4.69, 9.17) is 0 Å². The topological polar surface area (TPSA) is 82.0 Å². The molecule has 1 aliphatic heterocycles. The minimum atomic E-state index is -0.464. The first-order valence-corrected chi connectivity index (χ1v) is 10.5. The van der Waals surface area contributed by atoms with Gasteiger partial charge in [0.15, 0.2) is 0 Å². The van der Waals surface area contributed by atoms with Gasteiger partial charge in [-0.3, -0.25) is 9.59 Å². The highest BCUT2D eigenvalue weighted by molar-refractivity contribution is 9.10. The first-order chi connectivity index (χ1) is 13.9. The molecule has 1 aliphatic rings. The normalized spacial score (nSPS) is 16.2. The van der Waals surface area contributed by atoms with Gasteiger partial charge in [-0.2, -0.15) is 5.26 Å². The molecule has 0 spiro atoms. The monoisotopic (exact) mass is 473 g/mol. The molecule has 8 heteroatoms. The Morgan fingerprint density at radius 1 is 1.34 bits per heavy atom. The Labute approximate surface area is 180 Å². The Balaban J connectivity index is 1.75. The standard InChI is InChI=1S/C21H17BrFN3O2S/c1-12-8-14(22)4-7-18(12)25-20(28)11-29-21-17(10-24)16(9-19(27)26-21)13-2-5-15(23)6-3-13/h2-8,16H,9,11H2,1H3,(H,25,28)(H,26,27)/t16-/m0/s1. The van der Waals surface area contributed by atoms with Crippen molar-refractivity contribution < 1.29 is 14.0 Å². The molecule has 2 N–H and O–H groups in total. The molecule has 2 amide bonds. The highest BCUT2D eigenvalue weighted by Crippen LogP contribution is 2.36. The molecule has 29 heavy (non-hydrogen) atoms. The summed E-state index contributed by atoms with van der Waals surface area (Å²) in [5.41, 5.74) is 2.67. The molecule has 2 aromatic rings. The first kappa shape index (κ1) is 21.1. The smallest absolute Gasteiger partial charge is 0.234 e. The summed E-state index contributed by atoms with van der Waals surface area (Å²) >= 11 is 4.48. The van der Waals surface area contributed by atoms with Crippen molar-refractivity contribution in [2.75, 3.05) is 11.1 Å². The molecule has 0 saturated carbocycles. The molecule has 0 radical (unpaired) electrons. The molecule has 0 aromatic heterocycles. The van der Waals surface area contributed by atoms with E-state index in [1.165, 1.54) is 12.1 Å². The molecule has 0 aliphatic carbocycles. The fourth-order valence-electron chi connectivity index (χ4n) is 3.00. The molecule has 1 atom stereocenters. The Bertz CT molecular complexity index is 1030. The van der Waals surface area contributed by atoms with E-state index in [1.807, 2.05) is 19.1 Å². The number of amides is 2. The Kier molecular flexibility index (Phi) is 6.72. The first-order valence-electron chi connectivity index (χ1n) is 8.75. The molecule has 0 bridgehead atoms. The Morgan fingerprint density at radius 3 is 2.72 bits per heavy atom. The van der Waals surface area contributed by atoms with Crippen molar-refractivity contribution in [3.8, 4) is 6.07 Å². The van der Waals surface area contributed by atoms with Gasteiger partial charge in [0.1, 0.15) is 5.82 Å². The van der Waals surface area contributed by atoms with Crippen LogP contribution in [0.3, 0.4) is 0 Å². The lowest BCUT2D eigenvalue weighted by Gasteiger charge is -2.25. The third-order valence-corrected chi connectivity index (χ3v) is 5.95. The van der Waals surface area contributed by atoms with Crippen molar-refractivity contribution in [2.45, 2.75) is 19.3 Å². The van der Waals surface area contributed by atoms with Crippen LogP contribution in [-0.4, -0.2) is 17.6 Å². The number of nitrogens with one attached hydrogen (secondary N) is 2. The summed E-state index contributed by atoms with van der Waals surface area (Å²) in [6, 6.07) is 13.4. The summed E-state index contributed by atoms with van der Waals surface area (Å²) in [4.78, 5) is 24.5. The minimum Gasteiger partial charge on any atom is -0.325 e. The number of anilines is 1. The van der Waals surface area contributed by atoms with Gasteiger partial charge in [0.25, 0.3) is 0 Å². The van der Waals surface area contributed by atoms with Crippen molar-refractivity contribution in [1.29, 1.82) is 5.26 Å². The Hall–Kier alpha value is -2.63. The number of allylic oxidation sites excluding steroid dienone is 1. The number of nitriles is 1. The SMILES string of the molecule is Cc1cc(Br)ccc1NC(=O)CSC1=C(C#N)[C@H](c2ccc(F)cc2)CC(=O)N1. The van der Waals surface area contributed by atoms with Crippen molar-refractivity contribution in [3.05, 3.63) is 74.5 Å². The van der Waals surface area contributed by atoms with Crippen molar-refractivity contribution >= 4 is 45.2 Å². The summed E-state index contributed by atoms with van der Waals surface area (Å²) in [6.45, 7) is 1.89. The van der Waals surface area contributed by atoms with Gasteiger partial charge >= 0.3 is 0 Å². The highest BCUT2D eigenvalue weighted by Gasteiger charge is 2.29.